The Kier molecular flexibility index (Phi) is 25.1. The van der Waals surface area contributed by atoms with Gasteiger partial charge in [-0.15, -0.1) is 0 Å². The van der Waals surface area contributed by atoms with E-state index in [2.05, 4.69) is 68.0 Å². The fourth-order valence-corrected chi connectivity index (χ4v) is 5.07. The van der Waals surface area contributed by atoms with E-state index in [0.717, 1.165) is 32.1 Å². The highest BCUT2D eigenvalue weighted by Crippen LogP contribution is 2.43. The normalized spacial score (nSPS) is 17.4. The topological polar surface area (TPSA) is 264 Å². The Bertz CT molecular complexity index is 1250. The van der Waals surface area contributed by atoms with Crippen molar-refractivity contribution in [1.29, 1.82) is 0 Å². The number of hydrogen-bond donors (Lipinski definition) is 7. The molecule has 0 saturated carbocycles. The molecule has 19 heteroatoms. The van der Waals surface area contributed by atoms with Gasteiger partial charge in [0.15, 0.2) is 0 Å². The lowest BCUT2D eigenvalue weighted by Gasteiger charge is -2.25. The van der Waals surface area contributed by atoms with Gasteiger partial charge in [-0.05, 0) is 59.8 Å². The van der Waals surface area contributed by atoms with Crippen molar-refractivity contribution in [3.8, 4) is 0 Å². The van der Waals surface area contributed by atoms with Gasteiger partial charge in [0.1, 0.15) is 24.2 Å². The van der Waals surface area contributed by atoms with Crippen molar-refractivity contribution in [3.63, 3.8) is 0 Å². The van der Waals surface area contributed by atoms with Crippen LogP contribution in [0, 0.1) is 12.8 Å². The molecule has 1 aromatic heterocycles. The molecule has 2 heterocycles. The molecular weight excluding hydrogens is 687 g/mol. The summed E-state index contributed by atoms with van der Waals surface area (Å²) in [6.07, 6.45) is 6.43. The van der Waals surface area contributed by atoms with E-state index in [0.29, 0.717) is 18.9 Å². The van der Waals surface area contributed by atoms with Crippen LogP contribution in [0.15, 0.2) is 12.5 Å². The third kappa shape index (κ3) is 21.9. The van der Waals surface area contributed by atoms with Gasteiger partial charge in [0.2, 0.25) is 35.9 Å². The fraction of sp³-hybridized carbons (Fsp3) is 0.719. The number of primary amides is 1. The number of amides is 6. The van der Waals surface area contributed by atoms with Crippen molar-refractivity contribution >= 4 is 43.8 Å². The second-order valence-corrected chi connectivity index (χ2v) is 14.0. The Labute approximate surface area is 301 Å². The van der Waals surface area contributed by atoms with Gasteiger partial charge in [-0.25, -0.2) is 9.55 Å². The second-order valence-electron chi connectivity index (χ2n) is 12.4. The number of H-pyrrole nitrogens is 1. The summed E-state index contributed by atoms with van der Waals surface area (Å²) in [5.74, 6) is -1.88. The van der Waals surface area contributed by atoms with Gasteiger partial charge >= 0.3 is 7.82 Å². The van der Waals surface area contributed by atoms with Crippen LogP contribution in [0.5, 0.6) is 0 Å². The molecule has 0 radical (unpaired) electrons. The summed E-state index contributed by atoms with van der Waals surface area (Å²) in [5.41, 5.74) is 6.26. The lowest BCUT2D eigenvalue weighted by atomic mass is 10.0. The van der Waals surface area contributed by atoms with Crippen molar-refractivity contribution in [3.05, 3.63) is 18.2 Å². The van der Waals surface area contributed by atoms with Crippen LogP contribution in [0.4, 0.5) is 0 Å². The summed E-state index contributed by atoms with van der Waals surface area (Å²) in [7, 11) is -3.48. The Morgan fingerprint density at radius 1 is 1.08 bits per heavy atom. The average molecular weight is 749 g/mol. The molecule has 1 aliphatic heterocycles. The van der Waals surface area contributed by atoms with Crippen molar-refractivity contribution in [1.82, 2.24) is 36.1 Å². The summed E-state index contributed by atoms with van der Waals surface area (Å²) >= 11 is 0. The van der Waals surface area contributed by atoms with Crippen LogP contribution in [0.25, 0.3) is 0 Å². The van der Waals surface area contributed by atoms with Gasteiger partial charge in [-0.2, -0.15) is 0 Å². The van der Waals surface area contributed by atoms with E-state index in [9.17, 15) is 38.2 Å². The number of nitrogens with zero attached hydrogens (tertiary/aromatic N) is 2. The van der Waals surface area contributed by atoms with Crippen LogP contribution < -0.4 is 27.0 Å². The van der Waals surface area contributed by atoms with Gasteiger partial charge in [-0.3, -0.25) is 37.8 Å². The third-order valence-corrected chi connectivity index (χ3v) is 7.94. The monoisotopic (exact) mass is 748 g/mol. The number of imidazole rings is 1. The maximum absolute atomic E-state index is 12.1. The molecule has 0 aliphatic carbocycles. The minimum Gasteiger partial charge on any atom is -0.368 e. The summed E-state index contributed by atoms with van der Waals surface area (Å²) in [4.78, 5) is 86.5. The number of hydrogen-bond acceptors (Lipinski definition) is 10. The molecule has 0 spiro atoms. The molecule has 0 aromatic carbocycles. The Morgan fingerprint density at radius 2 is 1.65 bits per heavy atom. The molecule has 1 aromatic rings. The highest BCUT2D eigenvalue weighted by molar-refractivity contribution is 7.47. The minimum absolute atomic E-state index is 0.000775. The molecular formula is C32H61N8O10P. The highest BCUT2D eigenvalue weighted by Gasteiger charge is 2.34. The number of likely N-dealkylation sites (tertiary alicyclic amines) is 1. The predicted octanol–water partition coefficient (Wildman–Crippen LogP) is 1.43. The number of phosphoric acid groups is 1. The predicted molar refractivity (Wildman–Crippen MR) is 192 cm³/mol. The average Bonchev–Trinajstić information content (AvgIpc) is 3.72. The summed E-state index contributed by atoms with van der Waals surface area (Å²) < 4.78 is 20.3. The van der Waals surface area contributed by atoms with Crippen LogP contribution in [0.3, 0.4) is 0 Å². The number of carbonyl (C=O) groups excluding carboxylic acids is 6. The number of aromatic amines is 1. The molecule has 2 rings (SSSR count). The van der Waals surface area contributed by atoms with Gasteiger partial charge in [0, 0.05) is 38.5 Å². The smallest absolute Gasteiger partial charge is 0.368 e. The zero-order chi connectivity index (χ0) is 39.9. The van der Waals surface area contributed by atoms with Crippen molar-refractivity contribution < 1.29 is 47.3 Å². The maximum atomic E-state index is 12.1. The third-order valence-electron chi connectivity index (χ3n) is 6.88. The zero-order valence-electron chi connectivity index (χ0n) is 31.8. The minimum atomic E-state index is -4.40. The van der Waals surface area contributed by atoms with Gasteiger partial charge < -0.3 is 41.8 Å². The number of nitrogens with two attached hydrogens (primary N) is 1. The van der Waals surface area contributed by atoms with Crippen LogP contribution in [-0.2, 0) is 42.4 Å². The second kappa shape index (κ2) is 26.0. The fourth-order valence-electron chi connectivity index (χ4n) is 4.44. The van der Waals surface area contributed by atoms with E-state index < -0.39 is 49.8 Å². The summed E-state index contributed by atoms with van der Waals surface area (Å²) in [6.45, 7) is 18.7. The molecule has 7 atom stereocenters. The lowest BCUT2D eigenvalue weighted by molar-refractivity contribution is -0.137. The number of nitrogens with one attached hydrogen (secondary N) is 5. The van der Waals surface area contributed by atoms with Crippen LogP contribution in [-0.4, -0.2) is 106 Å². The molecule has 8 N–H and O–H groups in total. The Balaban J connectivity index is 0. The molecule has 18 nitrogen and oxygen atoms in total. The van der Waals surface area contributed by atoms with Gasteiger partial charge in [0.05, 0.1) is 12.4 Å². The van der Waals surface area contributed by atoms with Crippen molar-refractivity contribution in [2.45, 2.75) is 131 Å². The number of phosphoric ester groups is 1. The first-order valence-corrected chi connectivity index (χ1v) is 18.4. The number of rotatable bonds is 15. The first-order valence-electron chi connectivity index (χ1n) is 16.9. The van der Waals surface area contributed by atoms with E-state index in [-0.39, 0.29) is 23.9 Å². The summed E-state index contributed by atoms with van der Waals surface area (Å²) in [6, 6.07) is -3.48. The van der Waals surface area contributed by atoms with Crippen molar-refractivity contribution in [2.24, 2.45) is 11.7 Å². The molecule has 1 fully saturated rings. The van der Waals surface area contributed by atoms with Gasteiger partial charge in [0.25, 0.3) is 0 Å². The summed E-state index contributed by atoms with van der Waals surface area (Å²) in [5, 5.41) is 9.73. The molecule has 1 saturated heterocycles. The highest BCUT2D eigenvalue weighted by atomic mass is 31.2. The Hall–Kier alpha value is -3.86. The molecule has 6 amide bonds. The van der Waals surface area contributed by atoms with E-state index in [4.69, 9.17) is 5.73 Å². The van der Waals surface area contributed by atoms with Crippen LogP contribution in [0.1, 0.15) is 93.7 Å². The van der Waals surface area contributed by atoms with Gasteiger partial charge in [-0.1, -0.05) is 34.1 Å². The Morgan fingerprint density at radius 3 is 2.06 bits per heavy atom. The quantitative estimate of drug-likeness (QED) is 0.0996. The van der Waals surface area contributed by atoms with Crippen LogP contribution >= 0.6 is 7.82 Å². The molecule has 5 unspecified atom stereocenters. The first-order chi connectivity index (χ1) is 23.7. The van der Waals surface area contributed by atoms with Crippen LogP contribution in [0.2, 0.25) is 0 Å². The molecule has 51 heavy (non-hydrogen) atoms. The van der Waals surface area contributed by atoms with E-state index >= 15 is 0 Å². The first kappa shape index (κ1) is 49.3. The standard InChI is InChI=1S/C13H24N2O2.C12H23N4O8P.C4H6N2.C3H8/c1-9(2)8-10(3)14-13(17)12-6-5-7-15(12)11(4)16;1-6(14-5-17)11(19)15-7(2)12(20)16-9(10(13)18)8(3)24-25(21,22)23-4;1-4-2-5-3-6-4;1-3-2/h9-10,12H,5-8H2,1-4H3,(H,14,17);5-9H,1-4H3,(H2,13,18)(H,14,17)(H,15,19)(H,16,20)(H,21,22);2-3H,1H3,(H,5,6);3H2,1-2H3/t;6-,7?,8?,9-;;/m.0../s1. The number of carbonyl (C=O) groups is 6. The molecule has 1 aliphatic rings. The maximum Gasteiger partial charge on any atom is 0.472 e. The number of aryl methyl sites for hydroxylation is 1. The molecule has 0 bridgehead atoms. The lowest BCUT2D eigenvalue weighted by Crippen LogP contribution is -2.57. The van der Waals surface area contributed by atoms with E-state index in [1.807, 2.05) is 13.8 Å². The van der Waals surface area contributed by atoms with E-state index in [1.54, 1.807) is 17.4 Å². The number of aromatic nitrogens is 2. The SMILES string of the molecule is CC(=O)N1CCCC1C(=O)NC(C)CC(C)C.CCC.COP(=O)(O)OC(C)[C@H](NC(=O)C(C)NC(=O)[C@H](C)NC=O)C(N)=O.Cc1cnc[nH]1. The van der Waals surface area contributed by atoms with E-state index in [1.165, 1.54) is 34.1 Å². The largest absolute Gasteiger partial charge is 0.472 e. The van der Waals surface area contributed by atoms with Crippen molar-refractivity contribution in [2.75, 3.05) is 13.7 Å². The zero-order valence-corrected chi connectivity index (χ0v) is 32.7. The molecule has 294 valence electrons.